The highest BCUT2D eigenvalue weighted by molar-refractivity contribution is 5.74. The zero-order valence-electron chi connectivity index (χ0n) is 13.1. The average Bonchev–Trinajstić information content (AvgIpc) is 3.06. The molecule has 1 aromatic heterocycles. The summed E-state index contributed by atoms with van der Waals surface area (Å²) < 4.78 is 15.7. The van der Waals surface area contributed by atoms with Crippen LogP contribution >= 0.6 is 0 Å². The topological polar surface area (TPSA) is 70.4 Å². The van der Waals surface area contributed by atoms with Gasteiger partial charge in [-0.05, 0) is 24.1 Å². The summed E-state index contributed by atoms with van der Waals surface area (Å²) in [6, 6.07) is 4.54. The Morgan fingerprint density at radius 3 is 2.87 bits per heavy atom. The van der Waals surface area contributed by atoms with Crippen LogP contribution in [0, 0.1) is 5.82 Å². The lowest BCUT2D eigenvalue weighted by atomic mass is 10.2. The van der Waals surface area contributed by atoms with Gasteiger partial charge in [-0.3, -0.25) is 0 Å². The third-order valence-electron chi connectivity index (χ3n) is 3.39. The first kappa shape index (κ1) is 17.0. The number of carbonyl (C=O) groups excluding carboxylic acids is 1. The molecule has 7 heteroatoms. The number of urea groups is 1. The smallest absolute Gasteiger partial charge is 0.317 e. The number of rotatable bonds is 7. The molecule has 0 fully saturated rings. The van der Waals surface area contributed by atoms with E-state index in [1.165, 1.54) is 17.3 Å². The highest BCUT2D eigenvalue weighted by Gasteiger charge is 2.12. The molecular formula is C16H21FN4O2. The molecule has 1 aromatic carbocycles. The Balaban J connectivity index is 1.98. The van der Waals surface area contributed by atoms with Gasteiger partial charge in [-0.25, -0.2) is 14.2 Å². The Hall–Kier alpha value is -2.41. The summed E-state index contributed by atoms with van der Waals surface area (Å²) in [6.45, 7) is 2.96. The van der Waals surface area contributed by atoms with Crippen LogP contribution in [0.25, 0.3) is 5.69 Å². The lowest BCUT2D eigenvalue weighted by molar-refractivity contribution is 0.177. The molecule has 0 saturated carbocycles. The second kappa shape index (κ2) is 8.28. The summed E-state index contributed by atoms with van der Waals surface area (Å²) in [5.41, 5.74) is 1.07. The molecule has 23 heavy (non-hydrogen) atoms. The second-order valence-corrected chi connectivity index (χ2v) is 5.13. The van der Waals surface area contributed by atoms with Crippen molar-refractivity contribution in [3.63, 3.8) is 0 Å². The standard InChI is InChI=1S/C16H21FN4O2/c1-2-6-20(8-9-22)16(23)19-11-13-3-4-15(14(17)10-13)21-7-5-18-12-21/h3-5,7,10,12,22H,2,6,8-9,11H2,1H3,(H,19,23). The van der Waals surface area contributed by atoms with E-state index in [-0.39, 0.29) is 31.5 Å². The molecule has 0 unspecified atom stereocenters. The number of hydrogen-bond donors (Lipinski definition) is 2. The summed E-state index contributed by atoms with van der Waals surface area (Å²) in [4.78, 5) is 17.5. The van der Waals surface area contributed by atoms with Gasteiger partial charge < -0.3 is 19.9 Å². The first-order chi connectivity index (χ1) is 11.2. The third-order valence-corrected chi connectivity index (χ3v) is 3.39. The van der Waals surface area contributed by atoms with Crippen molar-refractivity contribution in [2.24, 2.45) is 0 Å². The van der Waals surface area contributed by atoms with Crippen LogP contribution in [0.15, 0.2) is 36.9 Å². The van der Waals surface area contributed by atoms with E-state index in [2.05, 4.69) is 10.3 Å². The summed E-state index contributed by atoms with van der Waals surface area (Å²) in [5.74, 6) is -0.379. The molecule has 124 valence electrons. The highest BCUT2D eigenvalue weighted by Crippen LogP contribution is 2.15. The summed E-state index contributed by atoms with van der Waals surface area (Å²) in [5, 5.41) is 11.7. The van der Waals surface area contributed by atoms with Gasteiger partial charge in [-0.2, -0.15) is 0 Å². The van der Waals surface area contributed by atoms with Crippen LogP contribution in [-0.4, -0.2) is 45.3 Å². The number of nitrogens with zero attached hydrogens (tertiary/aromatic N) is 3. The number of benzene rings is 1. The molecule has 1 heterocycles. The van der Waals surface area contributed by atoms with Crippen LogP contribution in [0.5, 0.6) is 0 Å². The molecule has 2 N–H and O–H groups in total. The second-order valence-electron chi connectivity index (χ2n) is 5.13. The zero-order chi connectivity index (χ0) is 16.7. The monoisotopic (exact) mass is 320 g/mol. The van der Waals surface area contributed by atoms with Gasteiger partial charge in [0, 0.05) is 32.0 Å². The highest BCUT2D eigenvalue weighted by atomic mass is 19.1. The molecule has 0 aliphatic rings. The van der Waals surface area contributed by atoms with Crippen LogP contribution in [0.3, 0.4) is 0 Å². The number of imidazole rings is 1. The van der Waals surface area contributed by atoms with E-state index in [9.17, 15) is 9.18 Å². The van der Waals surface area contributed by atoms with Crippen molar-refractivity contribution < 1.29 is 14.3 Å². The molecule has 0 aliphatic carbocycles. The Morgan fingerprint density at radius 1 is 1.43 bits per heavy atom. The number of hydrogen-bond acceptors (Lipinski definition) is 3. The molecule has 0 saturated heterocycles. The average molecular weight is 320 g/mol. The Kier molecular flexibility index (Phi) is 6.10. The molecule has 0 aliphatic heterocycles. The van der Waals surface area contributed by atoms with Gasteiger partial charge in [0.2, 0.25) is 0 Å². The molecule has 0 atom stereocenters. The van der Waals surface area contributed by atoms with Gasteiger partial charge in [0.15, 0.2) is 0 Å². The van der Waals surface area contributed by atoms with Gasteiger partial charge in [0.25, 0.3) is 0 Å². The quantitative estimate of drug-likeness (QED) is 0.819. The Labute approximate surface area is 134 Å². The Bertz CT molecular complexity index is 625. The number of carbonyl (C=O) groups is 1. The van der Waals surface area contributed by atoms with Crippen LogP contribution in [0.1, 0.15) is 18.9 Å². The van der Waals surface area contributed by atoms with Gasteiger partial charge >= 0.3 is 6.03 Å². The molecule has 2 aromatic rings. The van der Waals surface area contributed by atoms with Crippen molar-refractivity contribution in [3.8, 4) is 5.69 Å². The van der Waals surface area contributed by atoms with Crippen molar-refractivity contribution in [1.82, 2.24) is 19.8 Å². The van der Waals surface area contributed by atoms with Crippen LogP contribution in [-0.2, 0) is 6.54 Å². The van der Waals surface area contributed by atoms with Crippen LogP contribution < -0.4 is 5.32 Å². The number of aliphatic hydroxyl groups is 1. The third kappa shape index (κ3) is 4.53. The van der Waals surface area contributed by atoms with Gasteiger partial charge in [-0.15, -0.1) is 0 Å². The minimum atomic E-state index is -0.379. The van der Waals surface area contributed by atoms with E-state index in [0.717, 1.165) is 6.42 Å². The van der Waals surface area contributed by atoms with Gasteiger partial charge in [-0.1, -0.05) is 13.0 Å². The lowest BCUT2D eigenvalue weighted by Crippen LogP contribution is -2.41. The molecule has 2 rings (SSSR count). The summed E-state index contributed by atoms with van der Waals surface area (Å²) >= 11 is 0. The van der Waals surface area contributed by atoms with E-state index in [4.69, 9.17) is 5.11 Å². The van der Waals surface area contributed by atoms with Crippen LogP contribution in [0.4, 0.5) is 9.18 Å². The summed E-state index contributed by atoms with van der Waals surface area (Å²) in [7, 11) is 0. The van der Waals surface area contributed by atoms with Gasteiger partial charge in [0.05, 0.1) is 18.6 Å². The number of amides is 2. The number of aliphatic hydroxyl groups excluding tert-OH is 1. The first-order valence-electron chi connectivity index (χ1n) is 7.56. The fourth-order valence-corrected chi connectivity index (χ4v) is 2.27. The van der Waals surface area contributed by atoms with Gasteiger partial charge in [0.1, 0.15) is 5.82 Å². The van der Waals surface area contributed by atoms with Crippen molar-refractivity contribution in [2.45, 2.75) is 19.9 Å². The SMILES string of the molecule is CCCN(CCO)C(=O)NCc1ccc(-n2ccnc2)c(F)c1. The fraction of sp³-hybridized carbons (Fsp3) is 0.375. The number of nitrogens with one attached hydrogen (secondary N) is 1. The number of aromatic nitrogens is 2. The predicted molar refractivity (Wildman–Crippen MR) is 84.7 cm³/mol. The van der Waals surface area contributed by atoms with E-state index < -0.39 is 0 Å². The van der Waals surface area contributed by atoms with Crippen molar-refractivity contribution in [2.75, 3.05) is 19.7 Å². The number of halogens is 1. The maximum atomic E-state index is 14.1. The molecule has 0 radical (unpaired) electrons. The van der Waals surface area contributed by atoms with Crippen molar-refractivity contribution in [3.05, 3.63) is 48.3 Å². The van der Waals surface area contributed by atoms with Crippen molar-refractivity contribution >= 4 is 6.03 Å². The summed E-state index contributed by atoms with van der Waals surface area (Å²) in [6.07, 6.45) is 5.58. The predicted octanol–water partition coefficient (Wildman–Crippen LogP) is 1.93. The maximum absolute atomic E-state index is 14.1. The Morgan fingerprint density at radius 2 is 2.26 bits per heavy atom. The maximum Gasteiger partial charge on any atom is 0.317 e. The molecule has 0 bridgehead atoms. The minimum Gasteiger partial charge on any atom is -0.395 e. The fourth-order valence-electron chi connectivity index (χ4n) is 2.27. The van der Waals surface area contributed by atoms with E-state index in [1.807, 2.05) is 6.92 Å². The van der Waals surface area contributed by atoms with Crippen molar-refractivity contribution in [1.29, 1.82) is 0 Å². The molecular weight excluding hydrogens is 299 g/mol. The molecule has 2 amide bonds. The lowest BCUT2D eigenvalue weighted by Gasteiger charge is -2.21. The zero-order valence-corrected chi connectivity index (χ0v) is 13.1. The van der Waals surface area contributed by atoms with E-state index in [0.29, 0.717) is 17.8 Å². The molecule has 6 nitrogen and oxygen atoms in total. The van der Waals surface area contributed by atoms with E-state index >= 15 is 0 Å². The molecule has 0 spiro atoms. The first-order valence-corrected chi connectivity index (χ1v) is 7.56. The minimum absolute atomic E-state index is 0.0817. The van der Waals surface area contributed by atoms with E-state index in [1.54, 1.807) is 29.1 Å². The largest absolute Gasteiger partial charge is 0.395 e. The normalized spacial score (nSPS) is 10.6. The van der Waals surface area contributed by atoms with Crippen LogP contribution in [0.2, 0.25) is 0 Å².